The van der Waals surface area contributed by atoms with Gasteiger partial charge >= 0.3 is 5.97 Å². The van der Waals surface area contributed by atoms with Crippen LogP contribution in [0.25, 0.3) is 0 Å². The molecule has 0 atom stereocenters. The lowest BCUT2D eigenvalue weighted by molar-refractivity contribution is -0.142. The van der Waals surface area contributed by atoms with Crippen molar-refractivity contribution in [1.29, 1.82) is 5.26 Å². The fourth-order valence-corrected chi connectivity index (χ4v) is 1.26. The van der Waals surface area contributed by atoms with Crippen molar-refractivity contribution in [2.45, 2.75) is 13.3 Å². The average Bonchev–Trinajstić information content (AvgIpc) is 2.18. The summed E-state index contributed by atoms with van der Waals surface area (Å²) in [6, 6.07) is 3.44. The number of aromatic nitrogens is 1. The molecule has 0 amide bonds. The Balaban J connectivity index is 2.88. The molecule has 1 aromatic rings. The van der Waals surface area contributed by atoms with Gasteiger partial charge in [0.15, 0.2) is 0 Å². The summed E-state index contributed by atoms with van der Waals surface area (Å²) in [4.78, 5) is 15.0. The number of pyridine rings is 1. The van der Waals surface area contributed by atoms with Crippen molar-refractivity contribution in [2.24, 2.45) is 0 Å². The minimum atomic E-state index is -0.391. The van der Waals surface area contributed by atoms with Crippen LogP contribution in [0.15, 0.2) is 12.3 Å². The summed E-state index contributed by atoms with van der Waals surface area (Å²) in [7, 11) is 0. The molecule has 0 aliphatic heterocycles. The zero-order valence-electron chi connectivity index (χ0n) is 8.16. The van der Waals surface area contributed by atoms with Crippen molar-refractivity contribution >= 4 is 17.6 Å². The van der Waals surface area contributed by atoms with Crippen LogP contribution in [0.1, 0.15) is 18.2 Å². The number of carbonyl (C=O) groups is 1. The van der Waals surface area contributed by atoms with Gasteiger partial charge in [-0.05, 0) is 13.0 Å². The van der Waals surface area contributed by atoms with Crippen LogP contribution in [0, 0.1) is 11.3 Å². The third-order valence-corrected chi connectivity index (χ3v) is 1.89. The SMILES string of the molecule is CCOC(=O)Cc1cc(Cl)cnc1C#N. The van der Waals surface area contributed by atoms with Gasteiger partial charge in [-0.1, -0.05) is 11.6 Å². The van der Waals surface area contributed by atoms with Crippen molar-refractivity contribution < 1.29 is 9.53 Å². The molecule has 0 unspecified atom stereocenters. The van der Waals surface area contributed by atoms with Gasteiger partial charge in [-0.3, -0.25) is 4.79 Å². The van der Waals surface area contributed by atoms with Gasteiger partial charge in [-0.25, -0.2) is 4.98 Å². The van der Waals surface area contributed by atoms with Crippen LogP contribution in [-0.2, 0) is 16.0 Å². The van der Waals surface area contributed by atoms with Crippen molar-refractivity contribution in [3.63, 3.8) is 0 Å². The fourth-order valence-electron chi connectivity index (χ4n) is 1.08. The number of hydrogen-bond donors (Lipinski definition) is 0. The Labute approximate surface area is 92.4 Å². The number of hydrogen-bond acceptors (Lipinski definition) is 4. The van der Waals surface area contributed by atoms with E-state index < -0.39 is 5.97 Å². The molecule has 78 valence electrons. The molecule has 1 rings (SSSR count). The smallest absolute Gasteiger partial charge is 0.310 e. The highest BCUT2D eigenvalue weighted by atomic mass is 35.5. The molecule has 5 heteroatoms. The van der Waals surface area contributed by atoms with E-state index >= 15 is 0 Å². The molecule has 0 radical (unpaired) electrons. The number of ether oxygens (including phenoxy) is 1. The molecule has 1 heterocycles. The Morgan fingerprint density at radius 3 is 3.07 bits per heavy atom. The number of carbonyl (C=O) groups excluding carboxylic acids is 1. The van der Waals surface area contributed by atoms with Crippen molar-refractivity contribution in [1.82, 2.24) is 4.98 Å². The Bertz CT molecular complexity index is 412. The first kappa shape index (κ1) is 11.5. The van der Waals surface area contributed by atoms with Crippen molar-refractivity contribution in [3.8, 4) is 6.07 Å². The first-order chi connectivity index (χ1) is 7.17. The van der Waals surface area contributed by atoms with Gasteiger partial charge < -0.3 is 4.74 Å². The fraction of sp³-hybridized carbons (Fsp3) is 0.300. The van der Waals surface area contributed by atoms with E-state index in [4.69, 9.17) is 21.6 Å². The second-order valence-corrected chi connectivity index (χ2v) is 3.19. The second kappa shape index (κ2) is 5.32. The highest BCUT2D eigenvalue weighted by molar-refractivity contribution is 6.30. The quantitative estimate of drug-likeness (QED) is 0.734. The lowest BCUT2D eigenvalue weighted by Gasteiger charge is -2.03. The topological polar surface area (TPSA) is 63.0 Å². The number of esters is 1. The number of nitrogens with zero attached hydrogens (tertiary/aromatic N) is 2. The number of rotatable bonds is 3. The monoisotopic (exact) mass is 224 g/mol. The summed E-state index contributed by atoms with van der Waals surface area (Å²) < 4.78 is 4.77. The maximum atomic E-state index is 11.2. The molecule has 0 aliphatic carbocycles. The first-order valence-electron chi connectivity index (χ1n) is 4.37. The molecule has 0 saturated carbocycles. The van der Waals surface area contributed by atoms with Gasteiger partial charge in [-0.2, -0.15) is 5.26 Å². The van der Waals surface area contributed by atoms with E-state index in [0.29, 0.717) is 17.2 Å². The minimum absolute atomic E-state index is 0.0181. The van der Waals surface area contributed by atoms with Gasteiger partial charge in [0.05, 0.1) is 18.1 Å². The van der Waals surface area contributed by atoms with Gasteiger partial charge in [0.25, 0.3) is 0 Å². The third kappa shape index (κ3) is 3.22. The van der Waals surface area contributed by atoms with Crippen LogP contribution in [0.2, 0.25) is 5.02 Å². The van der Waals surface area contributed by atoms with Crippen molar-refractivity contribution in [3.05, 3.63) is 28.5 Å². The Hall–Kier alpha value is -1.60. The van der Waals surface area contributed by atoms with E-state index in [-0.39, 0.29) is 12.1 Å². The summed E-state index contributed by atoms with van der Waals surface area (Å²) in [6.45, 7) is 2.04. The molecule has 4 nitrogen and oxygen atoms in total. The van der Waals surface area contributed by atoms with Crippen LogP contribution < -0.4 is 0 Å². The average molecular weight is 225 g/mol. The minimum Gasteiger partial charge on any atom is -0.466 e. The van der Waals surface area contributed by atoms with Crippen LogP contribution in [-0.4, -0.2) is 17.6 Å². The molecular weight excluding hydrogens is 216 g/mol. The lowest BCUT2D eigenvalue weighted by atomic mass is 10.1. The van der Waals surface area contributed by atoms with Gasteiger partial charge in [-0.15, -0.1) is 0 Å². The molecule has 0 aliphatic rings. The van der Waals surface area contributed by atoms with Gasteiger partial charge in [0.1, 0.15) is 11.8 Å². The van der Waals surface area contributed by atoms with E-state index in [2.05, 4.69) is 4.98 Å². The Morgan fingerprint density at radius 1 is 1.73 bits per heavy atom. The molecule has 0 bridgehead atoms. The predicted molar refractivity (Wildman–Crippen MR) is 54.3 cm³/mol. The van der Waals surface area contributed by atoms with Crippen LogP contribution in [0.4, 0.5) is 0 Å². The highest BCUT2D eigenvalue weighted by Gasteiger charge is 2.10. The van der Waals surface area contributed by atoms with Crippen LogP contribution >= 0.6 is 11.6 Å². The molecule has 0 fully saturated rings. The molecule has 0 aromatic carbocycles. The van der Waals surface area contributed by atoms with E-state index in [1.165, 1.54) is 6.20 Å². The van der Waals surface area contributed by atoms with Gasteiger partial charge in [0.2, 0.25) is 0 Å². The summed E-state index contributed by atoms with van der Waals surface area (Å²) in [5, 5.41) is 9.14. The number of nitriles is 1. The Morgan fingerprint density at radius 2 is 2.47 bits per heavy atom. The first-order valence-corrected chi connectivity index (χ1v) is 4.75. The maximum absolute atomic E-state index is 11.2. The standard InChI is InChI=1S/C10H9ClN2O2/c1-2-15-10(14)4-7-3-8(11)6-13-9(7)5-12/h3,6H,2,4H2,1H3. The maximum Gasteiger partial charge on any atom is 0.310 e. The summed E-state index contributed by atoms with van der Waals surface area (Å²) in [6.07, 6.45) is 1.39. The molecule has 0 N–H and O–H groups in total. The summed E-state index contributed by atoms with van der Waals surface area (Å²) in [5.74, 6) is -0.391. The summed E-state index contributed by atoms with van der Waals surface area (Å²) in [5.41, 5.74) is 0.691. The largest absolute Gasteiger partial charge is 0.466 e. The normalized spacial score (nSPS) is 9.40. The van der Waals surface area contributed by atoms with Crippen LogP contribution in [0.5, 0.6) is 0 Å². The van der Waals surface area contributed by atoms with E-state index in [1.807, 2.05) is 6.07 Å². The molecule has 0 spiro atoms. The zero-order chi connectivity index (χ0) is 11.3. The zero-order valence-corrected chi connectivity index (χ0v) is 8.91. The molecule has 0 saturated heterocycles. The number of halogens is 1. The highest BCUT2D eigenvalue weighted by Crippen LogP contribution is 2.13. The van der Waals surface area contributed by atoms with E-state index in [1.54, 1.807) is 13.0 Å². The van der Waals surface area contributed by atoms with Crippen LogP contribution in [0.3, 0.4) is 0 Å². The van der Waals surface area contributed by atoms with Crippen molar-refractivity contribution in [2.75, 3.05) is 6.61 Å². The molecular formula is C10H9ClN2O2. The lowest BCUT2D eigenvalue weighted by Crippen LogP contribution is -2.09. The predicted octanol–water partition coefficient (Wildman–Crippen LogP) is 1.71. The third-order valence-electron chi connectivity index (χ3n) is 1.68. The molecule has 1 aromatic heterocycles. The Kier molecular flexibility index (Phi) is 4.07. The van der Waals surface area contributed by atoms with E-state index in [9.17, 15) is 4.79 Å². The van der Waals surface area contributed by atoms with Gasteiger partial charge in [0, 0.05) is 11.8 Å². The van der Waals surface area contributed by atoms with E-state index in [0.717, 1.165) is 0 Å². The second-order valence-electron chi connectivity index (χ2n) is 2.75. The summed E-state index contributed by atoms with van der Waals surface area (Å²) >= 11 is 5.71. The molecule has 15 heavy (non-hydrogen) atoms.